The van der Waals surface area contributed by atoms with Gasteiger partial charge in [0.05, 0.1) is 12.1 Å². The lowest BCUT2D eigenvalue weighted by Crippen LogP contribution is -2.38. The predicted molar refractivity (Wildman–Crippen MR) is 69.2 cm³/mol. The molecule has 1 atom stereocenters. The summed E-state index contributed by atoms with van der Waals surface area (Å²) in [6, 6.07) is 11.2. The average Bonchev–Trinajstić information content (AvgIpc) is 2.39. The molecule has 0 saturated carbocycles. The fourth-order valence-corrected chi connectivity index (χ4v) is 2.17. The Morgan fingerprint density at radius 1 is 1.26 bits per heavy atom. The zero-order valence-corrected chi connectivity index (χ0v) is 9.92. The maximum Gasteiger partial charge on any atom is 0.307 e. The number of carboxylic acid groups (broad SMARTS) is 1. The molecule has 1 heterocycles. The van der Waals surface area contributed by atoms with Crippen LogP contribution in [-0.4, -0.2) is 23.1 Å². The van der Waals surface area contributed by atoms with Crippen LogP contribution in [0.5, 0.6) is 5.75 Å². The molecular formula is C14H11NO4. The van der Waals surface area contributed by atoms with Crippen molar-refractivity contribution in [2.75, 3.05) is 5.32 Å². The van der Waals surface area contributed by atoms with Crippen LogP contribution >= 0.6 is 0 Å². The van der Waals surface area contributed by atoms with Gasteiger partial charge in [-0.3, -0.25) is 9.59 Å². The van der Waals surface area contributed by atoms with Crippen molar-refractivity contribution >= 4 is 28.3 Å². The van der Waals surface area contributed by atoms with E-state index in [1.807, 2.05) is 30.3 Å². The number of carboxylic acids is 1. The first-order chi connectivity index (χ1) is 9.15. The third kappa shape index (κ3) is 1.99. The normalized spacial score (nSPS) is 17.5. The van der Waals surface area contributed by atoms with Gasteiger partial charge in [0.2, 0.25) is 0 Å². The number of aliphatic carboxylic acids is 1. The Morgan fingerprint density at radius 3 is 2.84 bits per heavy atom. The molecule has 96 valence electrons. The topological polar surface area (TPSA) is 75.6 Å². The third-order valence-corrected chi connectivity index (χ3v) is 3.05. The number of ether oxygens (including phenoxy) is 1. The maximum atomic E-state index is 11.7. The first-order valence-corrected chi connectivity index (χ1v) is 5.86. The van der Waals surface area contributed by atoms with Crippen molar-refractivity contribution in [3.8, 4) is 5.75 Å². The Bertz CT molecular complexity index is 680. The summed E-state index contributed by atoms with van der Waals surface area (Å²) in [5, 5.41) is 13.3. The molecule has 2 aromatic carbocycles. The first-order valence-electron chi connectivity index (χ1n) is 5.86. The van der Waals surface area contributed by atoms with Gasteiger partial charge in [0.25, 0.3) is 5.91 Å². The van der Waals surface area contributed by atoms with Crippen LogP contribution in [0.25, 0.3) is 10.8 Å². The number of carbonyl (C=O) groups excluding carboxylic acids is 1. The van der Waals surface area contributed by atoms with Crippen LogP contribution in [0.4, 0.5) is 5.69 Å². The second-order valence-corrected chi connectivity index (χ2v) is 4.36. The highest BCUT2D eigenvalue weighted by molar-refractivity contribution is 6.04. The van der Waals surface area contributed by atoms with E-state index in [2.05, 4.69) is 5.32 Å². The first kappa shape index (κ1) is 11.5. The highest BCUT2D eigenvalue weighted by Crippen LogP contribution is 2.37. The monoisotopic (exact) mass is 257 g/mol. The Morgan fingerprint density at radius 2 is 2.05 bits per heavy atom. The van der Waals surface area contributed by atoms with Crippen LogP contribution < -0.4 is 10.1 Å². The summed E-state index contributed by atoms with van der Waals surface area (Å²) < 4.78 is 5.58. The van der Waals surface area contributed by atoms with Crippen LogP contribution in [0.2, 0.25) is 0 Å². The minimum atomic E-state index is -1.07. The molecule has 0 aromatic heterocycles. The van der Waals surface area contributed by atoms with Gasteiger partial charge in [0.15, 0.2) is 11.9 Å². The number of nitrogens with one attached hydrogen (secondary N) is 1. The fourth-order valence-electron chi connectivity index (χ4n) is 2.17. The summed E-state index contributed by atoms with van der Waals surface area (Å²) in [5.41, 5.74) is 0.574. The van der Waals surface area contributed by atoms with Gasteiger partial charge in [-0.15, -0.1) is 0 Å². The van der Waals surface area contributed by atoms with Gasteiger partial charge in [-0.2, -0.15) is 0 Å². The molecule has 5 heteroatoms. The summed E-state index contributed by atoms with van der Waals surface area (Å²) in [4.78, 5) is 22.5. The SMILES string of the molecule is O=C(O)CC1Oc2c(ccc3ccccc23)NC1=O. The molecule has 0 fully saturated rings. The number of benzene rings is 2. The van der Waals surface area contributed by atoms with Crippen LogP contribution in [0.15, 0.2) is 36.4 Å². The quantitative estimate of drug-likeness (QED) is 0.863. The van der Waals surface area contributed by atoms with Gasteiger partial charge >= 0.3 is 5.97 Å². The van der Waals surface area contributed by atoms with Crippen molar-refractivity contribution in [2.24, 2.45) is 0 Å². The fraction of sp³-hybridized carbons (Fsp3) is 0.143. The van der Waals surface area contributed by atoms with Crippen LogP contribution in [0, 0.1) is 0 Å². The van der Waals surface area contributed by atoms with Crippen molar-refractivity contribution < 1.29 is 19.4 Å². The Kier molecular flexibility index (Phi) is 2.59. The number of hydrogen-bond donors (Lipinski definition) is 2. The molecular weight excluding hydrogens is 246 g/mol. The number of amides is 1. The Balaban J connectivity index is 2.08. The van der Waals surface area contributed by atoms with Crippen LogP contribution in [0.3, 0.4) is 0 Å². The average molecular weight is 257 g/mol. The van der Waals surface area contributed by atoms with E-state index in [1.165, 1.54) is 0 Å². The zero-order valence-electron chi connectivity index (χ0n) is 9.92. The van der Waals surface area contributed by atoms with Gasteiger partial charge in [-0.05, 0) is 11.5 Å². The molecule has 3 rings (SSSR count). The highest BCUT2D eigenvalue weighted by Gasteiger charge is 2.30. The highest BCUT2D eigenvalue weighted by atomic mass is 16.5. The van der Waals surface area contributed by atoms with Crippen molar-refractivity contribution in [1.82, 2.24) is 0 Å². The molecule has 1 aliphatic rings. The molecule has 0 bridgehead atoms. The third-order valence-electron chi connectivity index (χ3n) is 3.05. The largest absolute Gasteiger partial charge is 0.481 e. The summed E-state index contributed by atoms with van der Waals surface area (Å²) in [7, 11) is 0. The maximum absolute atomic E-state index is 11.7. The van der Waals surface area contributed by atoms with Crippen LogP contribution in [0.1, 0.15) is 6.42 Å². The number of hydrogen-bond acceptors (Lipinski definition) is 3. The molecule has 0 spiro atoms. The molecule has 2 aromatic rings. The molecule has 1 unspecified atom stereocenters. The number of carbonyl (C=O) groups is 2. The standard InChI is InChI=1S/C14H11NO4/c16-12(17)7-11-14(18)15-10-6-5-8-3-1-2-4-9(8)13(10)19-11/h1-6,11H,7H2,(H,15,18)(H,16,17). The lowest BCUT2D eigenvalue weighted by Gasteiger charge is -2.26. The second-order valence-electron chi connectivity index (χ2n) is 4.36. The van der Waals surface area contributed by atoms with E-state index in [4.69, 9.17) is 9.84 Å². The van der Waals surface area contributed by atoms with E-state index in [1.54, 1.807) is 6.07 Å². The molecule has 1 amide bonds. The van der Waals surface area contributed by atoms with Crippen molar-refractivity contribution in [3.05, 3.63) is 36.4 Å². The van der Waals surface area contributed by atoms with Gasteiger partial charge in [-0.1, -0.05) is 30.3 Å². The summed E-state index contributed by atoms with van der Waals surface area (Å²) in [6.07, 6.45) is -1.34. The van der Waals surface area contributed by atoms with E-state index in [9.17, 15) is 9.59 Å². The Labute approximate surface area is 108 Å². The smallest absolute Gasteiger partial charge is 0.307 e. The lowest BCUT2D eigenvalue weighted by molar-refractivity contribution is -0.141. The van der Waals surface area contributed by atoms with Gasteiger partial charge in [0.1, 0.15) is 0 Å². The number of fused-ring (bicyclic) bond motifs is 3. The summed E-state index contributed by atoms with van der Waals surface area (Å²) >= 11 is 0. The van der Waals surface area contributed by atoms with E-state index in [-0.39, 0.29) is 6.42 Å². The number of anilines is 1. The molecule has 5 nitrogen and oxygen atoms in total. The molecule has 19 heavy (non-hydrogen) atoms. The lowest BCUT2D eigenvalue weighted by atomic mass is 10.1. The second kappa shape index (κ2) is 4.28. The minimum absolute atomic E-state index is 0.353. The van der Waals surface area contributed by atoms with E-state index in [0.717, 1.165) is 10.8 Å². The Hall–Kier alpha value is -2.56. The predicted octanol–water partition coefficient (Wildman–Crippen LogP) is 2.01. The molecule has 1 aliphatic heterocycles. The molecule has 2 N–H and O–H groups in total. The van der Waals surface area contributed by atoms with Gasteiger partial charge < -0.3 is 15.2 Å². The summed E-state index contributed by atoms with van der Waals surface area (Å²) in [6.45, 7) is 0. The van der Waals surface area contributed by atoms with Crippen molar-refractivity contribution in [1.29, 1.82) is 0 Å². The molecule has 0 aliphatic carbocycles. The zero-order chi connectivity index (χ0) is 13.4. The minimum Gasteiger partial charge on any atom is -0.481 e. The van der Waals surface area contributed by atoms with Crippen molar-refractivity contribution in [2.45, 2.75) is 12.5 Å². The molecule has 0 radical (unpaired) electrons. The van der Waals surface area contributed by atoms with E-state index in [0.29, 0.717) is 11.4 Å². The van der Waals surface area contributed by atoms with Crippen LogP contribution in [-0.2, 0) is 9.59 Å². The van der Waals surface area contributed by atoms with Gasteiger partial charge in [0, 0.05) is 5.39 Å². The number of rotatable bonds is 2. The van der Waals surface area contributed by atoms with E-state index >= 15 is 0 Å². The van der Waals surface area contributed by atoms with E-state index < -0.39 is 18.0 Å². The summed E-state index contributed by atoms with van der Waals surface area (Å²) in [5.74, 6) is -0.960. The van der Waals surface area contributed by atoms with Gasteiger partial charge in [-0.25, -0.2) is 0 Å². The molecule has 0 saturated heterocycles. The van der Waals surface area contributed by atoms with Crippen molar-refractivity contribution in [3.63, 3.8) is 0 Å².